The largest absolute Gasteiger partial charge is 0.508 e. The van der Waals surface area contributed by atoms with Crippen molar-refractivity contribution in [1.29, 1.82) is 0 Å². The molecule has 0 amide bonds. The number of aliphatic hydroxyl groups excluding tert-OH is 2. The van der Waals surface area contributed by atoms with Gasteiger partial charge in [-0.3, -0.25) is 0 Å². The van der Waals surface area contributed by atoms with Crippen molar-refractivity contribution < 1.29 is 39.8 Å². The fourth-order valence-electron chi connectivity index (χ4n) is 2.38. The van der Waals surface area contributed by atoms with Crippen LogP contribution in [-0.4, -0.2) is 62.2 Å². The van der Waals surface area contributed by atoms with Gasteiger partial charge in [-0.25, -0.2) is 4.79 Å². The SMILES string of the molecule is CCC1(O)C(O)OC(COC(=O)c2cc(O)c(C)c(O)c2)C1O. The molecule has 0 saturated carbocycles. The first-order valence-electron chi connectivity index (χ1n) is 7.14. The van der Waals surface area contributed by atoms with Gasteiger partial charge in [0.05, 0.1) is 5.56 Å². The molecule has 5 N–H and O–H groups in total. The highest BCUT2D eigenvalue weighted by Crippen LogP contribution is 2.33. The van der Waals surface area contributed by atoms with E-state index >= 15 is 0 Å². The van der Waals surface area contributed by atoms with E-state index in [1.165, 1.54) is 6.92 Å². The smallest absolute Gasteiger partial charge is 0.338 e. The summed E-state index contributed by atoms with van der Waals surface area (Å²) in [6.45, 7) is 2.65. The molecule has 0 aromatic heterocycles. The van der Waals surface area contributed by atoms with Crippen molar-refractivity contribution in [2.45, 2.75) is 44.4 Å². The molecule has 2 rings (SSSR count). The maximum atomic E-state index is 11.9. The van der Waals surface area contributed by atoms with E-state index in [1.54, 1.807) is 6.92 Å². The number of carbonyl (C=O) groups excluding carboxylic acids is 1. The average molecular weight is 328 g/mol. The van der Waals surface area contributed by atoms with E-state index in [4.69, 9.17) is 9.47 Å². The summed E-state index contributed by atoms with van der Waals surface area (Å²) in [5, 5.41) is 48.9. The molecule has 0 aliphatic carbocycles. The molecule has 8 nitrogen and oxygen atoms in total. The van der Waals surface area contributed by atoms with Gasteiger partial charge in [0.2, 0.25) is 0 Å². The van der Waals surface area contributed by atoms with Gasteiger partial charge in [0.15, 0.2) is 6.29 Å². The first-order valence-corrected chi connectivity index (χ1v) is 7.14. The summed E-state index contributed by atoms with van der Waals surface area (Å²) in [7, 11) is 0. The highest BCUT2D eigenvalue weighted by molar-refractivity contribution is 5.90. The standard InChI is InChI=1S/C15H20O8/c1-3-15(21)12(18)11(23-14(15)20)6-22-13(19)8-4-9(16)7(2)10(17)5-8/h4-5,11-12,14,16-18,20-21H,3,6H2,1-2H3. The lowest BCUT2D eigenvalue weighted by Gasteiger charge is -2.26. The van der Waals surface area contributed by atoms with Gasteiger partial charge in [0.25, 0.3) is 0 Å². The zero-order valence-electron chi connectivity index (χ0n) is 12.8. The van der Waals surface area contributed by atoms with Crippen LogP contribution in [0.15, 0.2) is 12.1 Å². The number of carbonyl (C=O) groups is 1. The van der Waals surface area contributed by atoms with Crippen molar-refractivity contribution in [3.05, 3.63) is 23.3 Å². The topological polar surface area (TPSA) is 137 Å². The quantitative estimate of drug-likeness (QED) is 0.479. The second kappa shape index (κ2) is 6.32. The van der Waals surface area contributed by atoms with Crippen molar-refractivity contribution in [3.63, 3.8) is 0 Å². The summed E-state index contributed by atoms with van der Waals surface area (Å²) >= 11 is 0. The Morgan fingerprint density at radius 1 is 1.30 bits per heavy atom. The summed E-state index contributed by atoms with van der Waals surface area (Å²) in [5.74, 6) is -1.37. The maximum Gasteiger partial charge on any atom is 0.338 e. The fraction of sp³-hybridized carbons (Fsp3) is 0.533. The summed E-state index contributed by atoms with van der Waals surface area (Å²) in [6, 6.07) is 2.28. The van der Waals surface area contributed by atoms with Crippen LogP contribution in [0.4, 0.5) is 0 Å². The lowest BCUT2D eigenvalue weighted by Crippen LogP contribution is -2.48. The first kappa shape index (κ1) is 17.5. The Balaban J connectivity index is 2.03. The van der Waals surface area contributed by atoms with E-state index in [9.17, 15) is 30.3 Å². The molecule has 1 aliphatic heterocycles. The van der Waals surface area contributed by atoms with Crippen LogP contribution in [0.1, 0.15) is 29.3 Å². The van der Waals surface area contributed by atoms with E-state index < -0.39 is 36.7 Å². The Hall–Kier alpha value is -1.87. The lowest BCUT2D eigenvalue weighted by molar-refractivity contribution is -0.178. The van der Waals surface area contributed by atoms with E-state index in [0.717, 1.165) is 12.1 Å². The molecule has 8 heteroatoms. The van der Waals surface area contributed by atoms with Gasteiger partial charge in [-0.1, -0.05) is 6.92 Å². The van der Waals surface area contributed by atoms with Gasteiger partial charge >= 0.3 is 5.97 Å². The second-order valence-electron chi connectivity index (χ2n) is 5.55. The number of rotatable bonds is 4. The first-order chi connectivity index (χ1) is 10.7. The lowest BCUT2D eigenvalue weighted by atomic mass is 9.93. The Labute approximate surface area is 132 Å². The molecule has 23 heavy (non-hydrogen) atoms. The Morgan fingerprint density at radius 3 is 2.35 bits per heavy atom. The minimum Gasteiger partial charge on any atom is -0.508 e. The van der Waals surface area contributed by atoms with Crippen molar-refractivity contribution in [2.75, 3.05) is 6.61 Å². The van der Waals surface area contributed by atoms with Crippen LogP contribution in [0.2, 0.25) is 0 Å². The van der Waals surface area contributed by atoms with Crippen LogP contribution in [0.5, 0.6) is 11.5 Å². The van der Waals surface area contributed by atoms with Gasteiger partial charge in [0, 0.05) is 5.56 Å². The Kier molecular flexibility index (Phi) is 4.81. The van der Waals surface area contributed by atoms with Crippen molar-refractivity contribution >= 4 is 5.97 Å². The third-order valence-electron chi connectivity index (χ3n) is 4.13. The Morgan fingerprint density at radius 2 is 1.87 bits per heavy atom. The predicted molar refractivity (Wildman–Crippen MR) is 76.9 cm³/mol. The van der Waals surface area contributed by atoms with Crippen molar-refractivity contribution in [2.24, 2.45) is 0 Å². The zero-order valence-corrected chi connectivity index (χ0v) is 12.8. The number of aromatic hydroxyl groups is 2. The molecule has 1 saturated heterocycles. The molecule has 1 aromatic carbocycles. The van der Waals surface area contributed by atoms with E-state index in [1.807, 2.05) is 0 Å². The number of esters is 1. The molecule has 128 valence electrons. The van der Waals surface area contributed by atoms with Gasteiger partial charge in [-0.05, 0) is 25.5 Å². The molecule has 0 radical (unpaired) electrons. The van der Waals surface area contributed by atoms with Gasteiger partial charge in [-0.15, -0.1) is 0 Å². The van der Waals surface area contributed by atoms with Crippen LogP contribution in [0.25, 0.3) is 0 Å². The van der Waals surface area contributed by atoms with Crippen molar-refractivity contribution in [3.8, 4) is 11.5 Å². The highest BCUT2D eigenvalue weighted by atomic mass is 16.7. The minimum atomic E-state index is -1.82. The summed E-state index contributed by atoms with van der Waals surface area (Å²) in [6.07, 6.45) is -4.04. The molecule has 1 aromatic rings. The number of aliphatic hydroxyl groups is 3. The zero-order chi connectivity index (χ0) is 17.4. The van der Waals surface area contributed by atoms with Gasteiger partial charge in [0.1, 0.15) is 35.9 Å². The van der Waals surface area contributed by atoms with Crippen LogP contribution < -0.4 is 0 Å². The monoisotopic (exact) mass is 328 g/mol. The normalized spacial score (nSPS) is 30.4. The number of hydrogen-bond acceptors (Lipinski definition) is 8. The number of phenolic OH excluding ortho intramolecular Hbond substituents is 2. The number of phenols is 2. The fourth-order valence-corrected chi connectivity index (χ4v) is 2.38. The molecule has 4 unspecified atom stereocenters. The molecule has 1 fully saturated rings. The average Bonchev–Trinajstić information content (AvgIpc) is 2.74. The molecule has 0 spiro atoms. The molecule has 1 heterocycles. The van der Waals surface area contributed by atoms with Gasteiger partial charge in [-0.2, -0.15) is 0 Å². The number of hydrogen-bond donors (Lipinski definition) is 5. The molecular formula is C15H20O8. The molecule has 1 aliphatic rings. The van der Waals surface area contributed by atoms with Crippen LogP contribution in [0, 0.1) is 6.92 Å². The molecule has 0 bridgehead atoms. The van der Waals surface area contributed by atoms with Gasteiger partial charge < -0.3 is 35.0 Å². The maximum absolute atomic E-state index is 11.9. The summed E-state index contributed by atoms with van der Waals surface area (Å²) < 4.78 is 9.96. The molecule has 4 atom stereocenters. The van der Waals surface area contributed by atoms with Crippen molar-refractivity contribution in [1.82, 2.24) is 0 Å². The summed E-state index contributed by atoms with van der Waals surface area (Å²) in [4.78, 5) is 11.9. The number of ether oxygens (including phenoxy) is 2. The molecular weight excluding hydrogens is 308 g/mol. The Bertz CT molecular complexity index is 578. The van der Waals surface area contributed by atoms with E-state index in [-0.39, 0.29) is 29.0 Å². The third kappa shape index (κ3) is 3.11. The predicted octanol–water partition coefficient (Wildman–Crippen LogP) is -0.218. The van der Waals surface area contributed by atoms with E-state index in [0.29, 0.717) is 0 Å². The van der Waals surface area contributed by atoms with Crippen LogP contribution in [-0.2, 0) is 9.47 Å². The third-order valence-corrected chi connectivity index (χ3v) is 4.13. The van der Waals surface area contributed by atoms with E-state index in [2.05, 4.69) is 0 Å². The van der Waals surface area contributed by atoms with Crippen LogP contribution >= 0.6 is 0 Å². The highest BCUT2D eigenvalue weighted by Gasteiger charge is 2.53. The number of benzene rings is 1. The van der Waals surface area contributed by atoms with Crippen LogP contribution in [0.3, 0.4) is 0 Å². The minimum absolute atomic E-state index is 0.0550. The summed E-state index contributed by atoms with van der Waals surface area (Å²) in [5.41, 5.74) is -1.67. The second-order valence-corrected chi connectivity index (χ2v) is 5.55.